The quantitative estimate of drug-likeness (QED) is 0.750. The van der Waals surface area contributed by atoms with Crippen LogP contribution in [-0.4, -0.2) is 71.3 Å². The van der Waals surface area contributed by atoms with Crippen LogP contribution >= 0.6 is 11.3 Å². The maximum atomic E-state index is 13.3. The zero-order chi connectivity index (χ0) is 21.8. The maximum Gasteiger partial charge on any atom is 0.245 e. The van der Waals surface area contributed by atoms with E-state index >= 15 is 0 Å². The van der Waals surface area contributed by atoms with Crippen LogP contribution in [0.5, 0.6) is 0 Å². The highest BCUT2D eigenvalue weighted by molar-refractivity contribution is 7.09. The molecule has 0 saturated carbocycles. The van der Waals surface area contributed by atoms with Crippen LogP contribution < -0.4 is 5.32 Å². The Morgan fingerprint density at radius 3 is 2.58 bits per heavy atom. The first-order chi connectivity index (χ1) is 15.0. The number of amides is 2. The molecule has 2 aliphatic heterocycles. The second-order valence-corrected chi connectivity index (χ2v) is 9.60. The molecule has 1 N–H and O–H groups in total. The number of nitrogens with zero attached hydrogens (tertiary/aromatic N) is 3. The summed E-state index contributed by atoms with van der Waals surface area (Å²) in [4.78, 5) is 33.2. The number of benzene rings is 1. The predicted molar refractivity (Wildman–Crippen MR) is 124 cm³/mol. The number of carbonyl (C=O) groups excluding carboxylic acids is 2. The number of nitrogens with one attached hydrogen (secondary N) is 1. The van der Waals surface area contributed by atoms with Gasteiger partial charge in [-0.1, -0.05) is 30.3 Å². The molecule has 2 aliphatic rings. The Bertz CT molecular complexity index is 895. The Hall–Kier alpha value is -2.22. The fraction of sp³-hybridized carbons (Fsp3) is 0.500. The van der Waals surface area contributed by atoms with Gasteiger partial charge >= 0.3 is 0 Å². The Balaban J connectivity index is 1.55. The predicted octanol–water partition coefficient (Wildman–Crippen LogP) is 2.48. The summed E-state index contributed by atoms with van der Waals surface area (Å²) in [5.41, 5.74) is 2.57. The van der Waals surface area contributed by atoms with E-state index in [9.17, 15) is 9.59 Å². The van der Waals surface area contributed by atoms with Crippen molar-refractivity contribution in [1.29, 1.82) is 0 Å². The molecule has 0 bridgehead atoms. The Kier molecular flexibility index (Phi) is 7.05. The molecule has 2 amide bonds. The van der Waals surface area contributed by atoms with Crippen molar-refractivity contribution in [2.45, 2.75) is 45.4 Å². The second kappa shape index (κ2) is 9.94. The van der Waals surface area contributed by atoms with Gasteiger partial charge in [-0.15, -0.1) is 11.3 Å². The minimum atomic E-state index is -0.358. The van der Waals surface area contributed by atoms with E-state index in [4.69, 9.17) is 0 Å². The van der Waals surface area contributed by atoms with E-state index in [1.165, 1.54) is 16.0 Å². The number of likely N-dealkylation sites (tertiary alicyclic amines) is 1. The lowest BCUT2D eigenvalue weighted by Gasteiger charge is -2.32. The maximum absolute atomic E-state index is 13.3. The van der Waals surface area contributed by atoms with E-state index < -0.39 is 0 Å². The molecule has 0 spiro atoms. The van der Waals surface area contributed by atoms with Gasteiger partial charge in [0.15, 0.2) is 0 Å². The molecule has 166 valence electrons. The van der Waals surface area contributed by atoms with Crippen molar-refractivity contribution >= 4 is 23.2 Å². The molecular weight excluding hydrogens is 408 g/mol. The van der Waals surface area contributed by atoms with Crippen LogP contribution in [0.25, 0.3) is 0 Å². The normalized spacial score (nSPS) is 21.6. The van der Waals surface area contributed by atoms with E-state index in [0.717, 1.165) is 26.2 Å². The first-order valence-corrected chi connectivity index (χ1v) is 12.0. The van der Waals surface area contributed by atoms with Crippen molar-refractivity contribution < 1.29 is 9.59 Å². The lowest BCUT2D eigenvalue weighted by Crippen LogP contribution is -2.53. The second-order valence-electron chi connectivity index (χ2n) is 8.56. The van der Waals surface area contributed by atoms with Crippen LogP contribution in [0, 0.1) is 6.92 Å². The Labute approximate surface area is 188 Å². The summed E-state index contributed by atoms with van der Waals surface area (Å²) >= 11 is 1.76. The van der Waals surface area contributed by atoms with Gasteiger partial charge in [-0.05, 0) is 35.9 Å². The van der Waals surface area contributed by atoms with Crippen molar-refractivity contribution in [1.82, 2.24) is 20.0 Å². The summed E-state index contributed by atoms with van der Waals surface area (Å²) in [6, 6.07) is 12.5. The average Bonchev–Trinajstić information content (AvgIpc) is 3.45. The summed E-state index contributed by atoms with van der Waals surface area (Å²) in [6.45, 7) is 9.06. The molecule has 1 aromatic carbocycles. The molecule has 7 heteroatoms. The molecule has 0 aliphatic carbocycles. The van der Waals surface area contributed by atoms with Gasteiger partial charge in [-0.2, -0.15) is 0 Å². The van der Waals surface area contributed by atoms with Crippen LogP contribution in [0.2, 0.25) is 0 Å². The van der Waals surface area contributed by atoms with Crippen LogP contribution in [0.1, 0.15) is 29.3 Å². The zero-order valence-electron chi connectivity index (χ0n) is 18.4. The highest BCUT2D eigenvalue weighted by Crippen LogP contribution is 2.28. The molecular formula is C24H32N4O2S. The fourth-order valence-electron chi connectivity index (χ4n) is 4.68. The summed E-state index contributed by atoms with van der Waals surface area (Å²) < 4.78 is 0. The number of hydrogen-bond donors (Lipinski definition) is 1. The topological polar surface area (TPSA) is 55.9 Å². The first kappa shape index (κ1) is 22.0. The molecule has 31 heavy (non-hydrogen) atoms. The molecule has 2 atom stereocenters. The van der Waals surface area contributed by atoms with E-state index in [1.807, 2.05) is 4.90 Å². The monoisotopic (exact) mass is 440 g/mol. The largest absolute Gasteiger partial charge is 0.338 e. The van der Waals surface area contributed by atoms with E-state index in [2.05, 4.69) is 58.9 Å². The van der Waals surface area contributed by atoms with Gasteiger partial charge < -0.3 is 15.1 Å². The Morgan fingerprint density at radius 2 is 1.90 bits per heavy atom. The first-order valence-electron chi connectivity index (χ1n) is 11.1. The smallest absolute Gasteiger partial charge is 0.245 e. The van der Waals surface area contributed by atoms with E-state index in [-0.39, 0.29) is 23.9 Å². The summed E-state index contributed by atoms with van der Waals surface area (Å²) in [5, 5.41) is 5.40. The number of piperazine rings is 1. The highest BCUT2D eigenvalue weighted by atomic mass is 32.1. The third-order valence-corrected chi connectivity index (χ3v) is 7.35. The van der Waals surface area contributed by atoms with Gasteiger partial charge in [0, 0.05) is 63.7 Å². The molecule has 2 aromatic rings. The lowest BCUT2D eigenvalue weighted by molar-refractivity contribution is -0.143. The van der Waals surface area contributed by atoms with Gasteiger partial charge in [0.25, 0.3) is 0 Å². The lowest BCUT2D eigenvalue weighted by atomic mass is 10.1. The van der Waals surface area contributed by atoms with Crippen molar-refractivity contribution in [3.63, 3.8) is 0 Å². The van der Waals surface area contributed by atoms with Gasteiger partial charge in [-0.3, -0.25) is 14.5 Å². The molecule has 1 aromatic heterocycles. The number of thiophene rings is 1. The van der Waals surface area contributed by atoms with Gasteiger partial charge in [0.1, 0.15) is 6.04 Å². The molecule has 2 unspecified atom stereocenters. The van der Waals surface area contributed by atoms with Crippen molar-refractivity contribution in [2.24, 2.45) is 0 Å². The van der Waals surface area contributed by atoms with Crippen LogP contribution in [0.3, 0.4) is 0 Å². The van der Waals surface area contributed by atoms with Crippen molar-refractivity contribution in [3.8, 4) is 0 Å². The third-order valence-electron chi connectivity index (χ3n) is 6.49. The molecule has 2 saturated heterocycles. The number of aryl methyl sites for hydroxylation is 1. The van der Waals surface area contributed by atoms with Gasteiger partial charge in [-0.25, -0.2) is 0 Å². The number of hydrogen-bond acceptors (Lipinski definition) is 5. The number of carbonyl (C=O) groups is 2. The molecule has 6 nitrogen and oxygen atoms in total. The Morgan fingerprint density at radius 1 is 1.13 bits per heavy atom. The van der Waals surface area contributed by atoms with Crippen LogP contribution in [-0.2, 0) is 22.7 Å². The molecule has 0 radical (unpaired) electrons. The average molecular weight is 441 g/mol. The number of rotatable bonds is 6. The van der Waals surface area contributed by atoms with Crippen LogP contribution in [0.4, 0.5) is 0 Å². The van der Waals surface area contributed by atoms with E-state index in [0.29, 0.717) is 26.1 Å². The highest BCUT2D eigenvalue weighted by Gasteiger charge is 2.42. The van der Waals surface area contributed by atoms with Crippen LogP contribution in [0.15, 0.2) is 41.8 Å². The minimum Gasteiger partial charge on any atom is -0.338 e. The third kappa shape index (κ3) is 5.17. The summed E-state index contributed by atoms with van der Waals surface area (Å²) in [7, 11) is 0. The SMILES string of the molecule is CC(=O)N1CC(N(Cc2cccs2)Cc2ccccc2C)CC1C(=O)N1CCNCC1. The van der Waals surface area contributed by atoms with Crippen molar-refractivity contribution in [3.05, 3.63) is 57.8 Å². The van der Waals surface area contributed by atoms with E-state index in [1.54, 1.807) is 23.2 Å². The summed E-state index contributed by atoms with van der Waals surface area (Å²) in [5.74, 6) is 0.0918. The molecule has 4 rings (SSSR count). The molecule has 2 fully saturated rings. The standard InChI is InChI=1S/C24H32N4O2S/c1-18-6-3-4-7-20(18)15-27(17-22-8-5-13-31-22)21-14-23(28(16-21)19(2)29)24(30)26-11-9-25-10-12-26/h3-8,13,21,23,25H,9-12,14-17H2,1-2H3. The van der Waals surface area contributed by atoms with Gasteiger partial charge in [0.05, 0.1) is 0 Å². The van der Waals surface area contributed by atoms with Crippen molar-refractivity contribution in [2.75, 3.05) is 32.7 Å². The minimum absolute atomic E-state index is 0.0112. The fourth-order valence-corrected chi connectivity index (χ4v) is 5.41. The summed E-state index contributed by atoms with van der Waals surface area (Å²) in [6.07, 6.45) is 0.694. The molecule has 3 heterocycles. The van der Waals surface area contributed by atoms with Gasteiger partial charge in [0.2, 0.25) is 11.8 Å². The zero-order valence-corrected chi connectivity index (χ0v) is 19.2.